The summed E-state index contributed by atoms with van der Waals surface area (Å²) in [6.07, 6.45) is -0.941. The SMILES string of the molecule is CCOC(=O)OCOc1cc(C(=O)NN(CC(=O)C(=O)O)Cc2ccc(-c3cccc(Cl)c3)cc2)on1. The number of Topliss-reactive ketones (excluding diaryl/α,β-unsaturated/α-hetero) is 1. The first-order chi connectivity index (χ1) is 17.7. The standard InChI is InChI=1S/C24H22ClN3O9/c1-2-34-24(33)36-14-35-21-11-20(37-27-21)22(30)26-28(13-19(29)23(31)32)12-15-6-8-16(9-7-15)17-4-3-5-18(25)10-17/h3-11H,2,12-14H2,1H3,(H,26,30)(H,31,32). The number of ether oxygens (including phenoxy) is 3. The fourth-order valence-corrected chi connectivity index (χ4v) is 3.19. The maximum Gasteiger partial charge on any atom is 0.511 e. The van der Waals surface area contributed by atoms with Crippen molar-refractivity contribution in [3.05, 3.63) is 70.9 Å². The monoisotopic (exact) mass is 531 g/mol. The van der Waals surface area contributed by atoms with Gasteiger partial charge in [0.1, 0.15) is 0 Å². The molecule has 0 bridgehead atoms. The van der Waals surface area contributed by atoms with Crippen molar-refractivity contribution in [2.24, 2.45) is 0 Å². The molecule has 0 aliphatic carbocycles. The summed E-state index contributed by atoms with van der Waals surface area (Å²) in [5, 5.41) is 14.2. The highest BCUT2D eigenvalue weighted by Gasteiger charge is 2.22. The average Bonchev–Trinajstić information content (AvgIpc) is 3.33. The van der Waals surface area contributed by atoms with E-state index in [0.29, 0.717) is 10.6 Å². The predicted molar refractivity (Wildman–Crippen MR) is 128 cm³/mol. The van der Waals surface area contributed by atoms with Gasteiger partial charge in [-0.25, -0.2) is 14.6 Å². The van der Waals surface area contributed by atoms with Crippen molar-refractivity contribution in [3.8, 4) is 17.0 Å². The average molecular weight is 532 g/mol. The maximum absolute atomic E-state index is 12.6. The van der Waals surface area contributed by atoms with E-state index in [4.69, 9.17) is 26.0 Å². The van der Waals surface area contributed by atoms with Gasteiger partial charge in [0.2, 0.25) is 12.6 Å². The van der Waals surface area contributed by atoms with Crippen molar-refractivity contribution >= 4 is 35.4 Å². The number of halogens is 1. The van der Waals surface area contributed by atoms with E-state index in [1.165, 1.54) is 0 Å². The van der Waals surface area contributed by atoms with Crippen molar-refractivity contribution in [1.82, 2.24) is 15.6 Å². The summed E-state index contributed by atoms with van der Waals surface area (Å²) in [6.45, 7) is 0.596. The number of carbonyl (C=O) groups is 4. The summed E-state index contributed by atoms with van der Waals surface area (Å²) in [5.74, 6) is -4.04. The molecule has 3 aromatic rings. The van der Waals surface area contributed by atoms with E-state index in [-0.39, 0.29) is 24.8 Å². The van der Waals surface area contributed by atoms with Crippen LogP contribution in [-0.2, 0) is 25.6 Å². The minimum absolute atomic E-state index is 0.00542. The van der Waals surface area contributed by atoms with Crippen LogP contribution < -0.4 is 10.2 Å². The molecule has 1 aromatic heterocycles. The zero-order valence-corrected chi connectivity index (χ0v) is 20.3. The molecule has 37 heavy (non-hydrogen) atoms. The number of hydrogen-bond acceptors (Lipinski definition) is 10. The molecular formula is C24H22ClN3O9. The predicted octanol–water partition coefficient (Wildman–Crippen LogP) is 3.31. The molecule has 0 radical (unpaired) electrons. The molecule has 1 heterocycles. The minimum atomic E-state index is -1.65. The molecule has 0 unspecified atom stereocenters. The zero-order chi connectivity index (χ0) is 26.8. The largest absolute Gasteiger partial charge is 0.511 e. The lowest BCUT2D eigenvalue weighted by Crippen LogP contribution is -2.45. The Balaban J connectivity index is 1.65. The first-order valence-electron chi connectivity index (χ1n) is 10.8. The summed E-state index contributed by atoms with van der Waals surface area (Å²) in [7, 11) is 0. The van der Waals surface area contributed by atoms with E-state index < -0.39 is 37.2 Å². The number of aromatic nitrogens is 1. The van der Waals surface area contributed by atoms with Crippen molar-refractivity contribution < 1.29 is 43.0 Å². The van der Waals surface area contributed by atoms with Gasteiger partial charge in [-0.3, -0.25) is 15.0 Å². The molecule has 2 aromatic carbocycles. The summed E-state index contributed by atoms with van der Waals surface area (Å²) in [4.78, 5) is 46.7. The number of hydrogen-bond donors (Lipinski definition) is 2. The lowest BCUT2D eigenvalue weighted by molar-refractivity contribution is -0.149. The van der Waals surface area contributed by atoms with E-state index in [0.717, 1.165) is 22.2 Å². The molecule has 0 atom stereocenters. The Morgan fingerprint density at radius 1 is 1.05 bits per heavy atom. The van der Waals surface area contributed by atoms with Gasteiger partial charge in [0.25, 0.3) is 11.7 Å². The molecule has 0 fully saturated rings. The van der Waals surface area contributed by atoms with Crippen LogP contribution in [0.2, 0.25) is 5.02 Å². The molecule has 12 nitrogen and oxygen atoms in total. The Morgan fingerprint density at radius 3 is 2.49 bits per heavy atom. The summed E-state index contributed by atoms with van der Waals surface area (Å²) in [6, 6.07) is 15.6. The van der Waals surface area contributed by atoms with Gasteiger partial charge in [-0.1, -0.05) is 48.0 Å². The highest BCUT2D eigenvalue weighted by atomic mass is 35.5. The highest BCUT2D eigenvalue weighted by Crippen LogP contribution is 2.23. The quantitative estimate of drug-likeness (QED) is 0.153. The fraction of sp³-hybridized carbons (Fsp3) is 0.208. The Labute approximate surface area is 215 Å². The number of nitrogens with zero attached hydrogens (tertiary/aromatic N) is 2. The topological polar surface area (TPSA) is 157 Å². The lowest BCUT2D eigenvalue weighted by Gasteiger charge is -2.21. The number of carbonyl (C=O) groups excluding carboxylic acids is 3. The molecule has 0 aliphatic heterocycles. The third kappa shape index (κ3) is 8.33. The molecule has 0 saturated carbocycles. The second kappa shape index (κ2) is 13.0. The van der Waals surface area contributed by atoms with Gasteiger partial charge in [0.15, 0.2) is 0 Å². The lowest BCUT2D eigenvalue weighted by atomic mass is 10.0. The second-order valence-corrected chi connectivity index (χ2v) is 7.79. The molecule has 0 spiro atoms. The zero-order valence-electron chi connectivity index (χ0n) is 19.5. The number of hydrazine groups is 1. The van der Waals surface area contributed by atoms with Crippen molar-refractivity contribution in [1.29, 1.82) is 0 Å². The van der Waals surface area contributed by atoms with Crippen molar-refractivity contribution in [3.63, 3.8) is 0 Å². The Hall–Kier alpha value is -4.42. The van der Waals surface area contributed by atoms with Gasteiger partial charge in [-0.2, -0.15) is 0 Å². The number of benzene rings is 2. The van der Waals surface area contributed by atoms with Crippen molar-refractivity contribution in [2.75, 3.05) is 19.9 Å². The highest BCUT2D eigenvalue weighted by molar-refractivity contribution is 6.33. The number of aliphatic carboxylic acids is 1. The van der Waals surface area contributed by atoms with Crippen LogP contribution in [0, 0.1) is 0 Å². The molecule has 0 aliphatic rings. The number of nitrogens with one attached hydrogen (secondary N) is 1. The van der Waals surface area contributed by atoms with E-state index >= 15 is 0 Å². The number of ketones is 1. The third-order valence-electron chi connectivity index (χ3n) is 4.68. The van der Waals surface area contributed by atoms with Crippen molar-refractivity contribution in [2.45, 2.75) is 13.5 Å². The van der Waals surface area contributed by atoms with Crippen LogP contribution in [0.15, 0.2) is 59.1 Å². The number of carboxylic acid groups (broad SMARTS) is 1. The van der Waals surface area contributed by atoms with Crippen LogP contribution in [0.5, 0.6) is 5.88 Å². The molecule has 194 valence electrons. The first kappa shape index (κ1) is 27.2. The van der Waals surface area contributed by atoms with E-state index in [9.17, 15) is 19.2 Å². The number of amides is 1. The van der Waals surface area contributed by atoms with Gasteiger partial charge in [0, 0.05) is 11.6 Å². The van der Waals surface area contributed by atoms with Crippen LogP contribution in [0.3, 0.4) is 0 Å². The smallest absolute Gasteiger partial charge is 0.475 e. The summed E-state index contributed by atoms with van der Waals surface area (Å²) in [5.41, 5.74) is 4.90. The number of carboxylic acids is 1. The molecule has 1 amide bonds. The Kier molecular flexibility index (Phi) is 9.58. The number of rotatable bonds is 12. The molecular weight excluding hydrogens is 510 g/mol. The summed E-state index contributed by atoms with van der Waals surface area (Å²) < 4.78 is 19.1. The van der Waals surface area contributed by atoms with Crippen LogP contribution in [-0.4, -0.2) is 59.0 Å². The van der Waals surface area contributed by atoms with Gasteiger partial charge in [0.05, 0.1) is 19.2 Å². The minimum Gasteiger partial charge on any atom is -0.475 e. The van der Waals surface area contributed by atoms with Gasteiger partial charge in [-0.05, 0) is 40.9 Å². The fourth-order valence-electron chi connectivity index (χ4n) is 3.00. The van der Waals surface area contributed by atoms with Gasteiger partial charge >= 0.3 is 18.0 Å². The Bertz CT molecular complexity index is 1260. The molecule has 2 N–H and O–H groups in total. The van der Waals surface area contributed by atoms with E-state index in [1.807, 2.05) is 30.3 Å². The second-order valence-electron chi connectivity index (χ2n) is 7.35. The van der Waals surface area contributed by atoms with Crippen LogP contribution in [0.1, 0.15) is 23.0 Å². The van der Waals surface area contributed by atoms with Gasteiger partial charge < -0.3 is 23.8 Å². The van der Waals surface area contributed by atoms with Gasteiger partial charge in [-0.15, -0.1) is 0 Å². The van der Waals surface area contributed by atoms with E-state index in [1.54, 1.807) is 25.1 Å². The van der Waals surface area contributed by atoms with Crippen LogP contribution in [0.25, 0.3) is 11.1 Å². The molecule has 3 rings (SSSR count). The summed E-state index contributed by atoms with van der Waals surface area (Å²) >= 11 is 6.05. The first-order valence-corrected chi connectivity index (χ1v) is 11.2. The molecule has 13 heteroatoms. The maximum atomic E-state index is 12.6. The van der Waals surface area contributed by atoms with E-state index in [2.05, 4.69) is 20.1 Å². The van der Waals surface area contributed by atoms with Crippen LogP contribution >= 0.6 is 11.6 Å². The molecule has 0 saturated heterocycles. The normalized spacial score (nSPS) is 10.6. The Morgan fingerprint density at radius 2 is 1.81 bits per heavy atom. The third-order valence-corrected chi connectivity index (χ3v) is 4.91. The van der Waals surface area contributed by atoms with Crippen LogP contribution in [0.4, 0.5) is 4.79 Å².